The van der Waals surface area contributed by atoms with E-state index in [4.69, 9.17) is 14.5 Å². The molecule has 1 saturated heterocycles. The summed E-state index contributed by atoms with van der Waals surface area (Å²) in [6.07, 6.45) is 5.63. The number of carbonyl (C=O) groups is 1. The number of rotatable bonds is 8. The molecular formula is C26H28N6O3S. The number of aromatic nitrogens is 2. The molecule has 3 N–H and O–H groups in total. The first-order chi connectivity index (χ1) is 17.6. The lowest BCUT2D eigenvalue weighted by atomic mass is 9.96. The molecule has 0 saturated carbocycles. The second-order valence-electron chi connectivity index (χ2n) is 8.57. The second-order valence-corrected chi connectivity index (χ2v) is 9.56. The van der Waals surface area contributed by atoms with E-state index in [1.807, 2.05) is 66.3 Å². The molecule has 9 nitrogen and oxygen atoms in total. The number of hydrazone groups is 1. The van der Waals surface area contributed by atoms with Crippen molar-refractivity contribution in [3.05, 3.63) is 76.6 Å². The minimum Gasteiger partial charge on any atom is -0.497 e. The molecule has 2 atom stereocenters. The number of benzene rings is 1. The molecule has 186 valence electrons. The third kappa shape index (κ3) is 4.76. The highest BCUT2D eigenvalue weighted by atomic mass is 32.1. The Kier molecular flexibility index (Phi) is 7.10. The van der Waals surface area contributed by atoms with Crippen LogP contribution in [0.15, 0.2) is 60.0 Å². The van der Waals surface area contributed by atoms with Gasteiger partial charge in [0.1, 0.15) is 15.5 Å². The molecule has 1 aliphatic rings. The van der Waals surface area contributed by atoms with E-state index in [2.05, 4.69) is 21.4 Å². The molecule has 0 aliphatic carbocycles. The molecule has 1 fully saturated rings. The molecule has 36 heavy (non-hydrogen) atoms. The smallest absolute Gasteiger partial charge is 0.283 e. The van der Waals surface area contributed by atoms with Crippen LogP contribution in [0.3, 0.4) is 0 Å². The summed E-state index contributed by atoms with van der Waals surface area (Å²) in [7, 11) is 3.31. The molecule has 0 spiro atoms. The maximum absolute atomic E-state index is 13.3. The lowest BCUT2D eigenvalue weighted by Crippen LogP contribution is -2.25. The monoisotopic (exact) mass is 504 g/mol. The fourth-order valence-corrected chi connectivity index (χ4v) is 5.64. The third-order valence-electron chi connectivity index (χ3n) is 6.15. The highest BCUT2D eigenvalue weighted by molar-refractivity contribution is 7.21. The van der Waals surface area contributed by atoms with E-state index in [1.54, 1.807) is 20.4 Å². The topological polar surface area (TPSA) is 102 Å². The normalized spacial score (nSPS) is 17.8. The van der Waals surface area contributed by atoms with Crippen LogP contribution in [0.25, 0.3) is 15.9 Å². The number of pyridine rings is 1. The van der Waals surface area contributed by atoms with Crippen molar-refractivity contribution in [2.24, 2.45) is 11.0 Å². The van der Waals surface area contributed by atoms with E-state index in [0.29, 0.717) is 18.0 Å². The highest BCUT2D eigenvalue weighted by Gasteiger charge is 2.27. The number of nitrogens with zero attached hydrogens (tertiary/aromatic N) is 3. The number of hydrazine groups is 1. The largest absolute Gasteiger partial charge is 0.497 e. The molecule has 2 unspecified atom stereocenters. The molecule has 1 amide bonds. The number of aryl methyl sites for hydroxylation is 1. The van der Waals surface area contributed by atoms with Crippen molar-refractivity contribution >= 4 is 33.7 Å². The van der Waals surface area contributed by atoms with Gasteiger partial charge in [0.05, 0.1) is 25.4 Å². The SMILES string of the molecule is COCc1cc(C)nc2sc(C(=O)N/N=C/C3CNNC3c3ccc(OC)cc3)c(-n3cccc3)c12. The summed E-state index contributed by atoms with van der Waals surface area (Å²) in [6, 6.07) is 13.8. The quantitative estimate of drug-likeness (QED) is 0.250. The molecule has 10 heteroatoms. The predicted molar refractivity (Wildman–Crippen MR) is 141 cm³/mol. The lowest BCUT2D eigenvalue weighted by molar-refractivity contribution is 0.0959. The van der Waals surface area contributed by atoms with Gasteiger partial charge in [0.2, 0.25) is 0 Å². The summed E-state index contributed by atoms with van der Waals surface area (Å²) in [6.45, 7) is 3.07. The van der Waals surface area contributed by atoms with Gasteiger partial charge in [0.15, 0.2) is 0 Å². The van der Waals surface area contributed by atoms with Gasteiger partial charge >= 0.3 is 0 Å². The van der Waals surface area contributed by atoms with E-state index in [9.17, 15) is 4.79 Å². The van der Waals surface area contributed by atoms with Gasteiger partial charge < -0.3 is 14.0 Å². The Morgan fingerprint density at radius 1 is 1.28 bits per heavy atom. The van der Waals surface area contributed by atoms with Crippen molar-refractivity contribution in [1.82, 2.24) is 25.8 Å². The van der Waals surface area contributed by atoms with Crippen LogP contribution in [0.1, 0.15) is 32.5 Å². The number of hydrogen-bond acceptors (Lipinski definition) is 8. The van der Waals surface area contributed by atoms with Crippen molar-refractivity contribution in [2.45, 2.75) is 19.6 Å². The van der Waals surface area contributed by atoms with E-state index < -0.39 is 0 Å². The van der Waals surface area contributed by atoms with Crippen LogP contribution in [-0.4, -0.2) is 42.4 Å². The molecule has 5 rings (SSSR count). The molecule has 0 bridgehead atoms. The first kappa shape index (κ1) is 24.1. The van der Waals surface area contributed by atoms with Crippen LogP contribution in [0.2, 0.25) is 0 Å². The predicted octanol–water partition coefficient (Wildman–Crippen LogP) is 3.73. The number of fused-ring (bicyclic) bond motifs is 1. The number of nitrogens with one attached hydrogen (secondary N) is 3. The average Bonchev–Trinajstić information content (AvgIpc) is 3.64. The fraction of sp³-hybridized carbons (Fsp3) is 0.269. The van der Waals surface area contributed by atoms with Crippen molar-refractivity contribution in [3.8, 4) is 11.4 Å². The van der Waals surface area contributed by atoms with Gasteiger partial charge in [-0.05, 0) is 48.4 Å². The Morgan fingerprint density at radius 3 is 2.78 bits per heavy atom. The fourth-order valence-electron chi connectivity index (χ4n) is 4.48. The number of amides is 1. The van der Waals surface area contributed by atoms with Gasteiger partial charge in [-0.15, -0.1) is 11.3 Å². The Bertz CT molecular complexity index is 1380. The molecule has 3 aromatic heterocycles. The van der Waals surface area contributed by atoms with Gasteiger partial charge in [-0.1, -0.05) is 12.1 Å². The molecule has 1 aromatic carbocycles. The van der Waals surface area contributed by atoms with Gasteiger partial charge in [0.25, 0.3) is 5.91 Å². The Balaban J connectivity index is 1.41. The maximum atomic E-state index is 13.3. The molecule has 0 radical (unpaired) electrons. The van der Waals surface area contributed by atoms with Crippen LogP contribution in [-0.2, 0) is 11.3 Å². The zero-order valence-corrected chi connectivity index (χ0v) is 21.1. The van der Waals surface area contributed by atoms with E-state index >= 15 is 0 Å². The zero-order chi connectivity index (χ0) is 25.1. The number of carbonyl (C=O) groups excluding carboxylic acids is 1. The number of thiophene rings is 1. The van der Waals surface area contributed by atoms with E-state index in [-0.39, 0.29) is 17.9 Å². The standard InChI is InChI=1S/C26H28N6O3S/c1-16-12-18(15-34-2)21-23(32-10-4-5-11-32)24(36-26(21)29-16)25(33)31-28-14-19-13-27-30-22(19)17-6-8-20(35-3)9-7-17/h4-12,14,19,22,27,30H,13,15H2,1-3H3,(H,31,33)/b28-14+. The van der Waals surface area contributed by atoms with Crippen LogP contribution < -0.4 is 21.0 Å². The first-order valence-corrected chi connectivity index (χ1v) is 12.4. The summed E-state index contributed by atoms with van der Waals surface area (Å²) >= 11 is 1.36. The zero-order valence-electron chi connectivity index (χ0n) is 20.3. The summed E-state index contributed by atoms with van der Waals surface area (Å²) < 4.78 is 12.6. The van der Waals surface area contributed by atoms with E-state index in [0.717, 1.165) is 38.5 Å². The Hall–Kier alpha value is -3.57. The van der Waals surface area contributed by atoms with Crippen molar-refractivity contribution in [2.75, 3.05) is 20.8 Å². The van der Waals surface area contributed by atoms with E-state index in [1.165, 1.54) is 11.3 Å². The summed E-state index contributed by atoms with van der Waals surface area (Å²) in [5.74, 6) is 0.587. The van der Waals surface area contributed by atoms with Crippen LogP contribution >= 0.6 is 11.3 Å². The Labute approximate surface area is 213 Å². The lowest BCUT2D eigenvalue weighted by Gasteiger charge is -2.15. The number of methoxy groups -OCH3 is 2. The van der Waals surface area contributed by atoms with Crippen molar-refractivity contribution in [3.63, 3.8) is 0 Å². The van der Waals surface area contributed by atoms with Crippen molar-refractivity contribution in [1.29, 1.82) is 0 Å². The minimum atomic E-state index is -0.279. The Morgan fingerprint density at radius 2 is 2.06 bits per heavy atom. The second kappa shape index (κ2) is 10.6. The number of ether oxygens (including phenoxy) is 2. The van der Waals surface area contributed by atoms with Crippen LogP contribution in [0, 0.1) is 12.8 Å². The van der Waals surface area contributed by atoms with Gasteiger partial charge in [-0.25, -0.2) is 15.8 Å². The van der Waals surface area contributed by atoms with Gasteiger partial charge in [-0.2, -0.15) is 5.10 Å². The van der Waals surface area contributed by atoms with Crippen molar-refractivity contribution < 1.29 is 14.3 Å². The first-order valence-electron chi connectivity index (χ1n) is 11.6. The van der Waals surface area contributed by atoms with Crippen LogP contribution in [0.5, 0.6) is 5.75 Å². The molecule has 4 heterocycles. The molecule has 4 aromatic rings. The van der Waals surface area contributed by atoms with Gasteiger partial charge in [-0.3, -0.25) is 10.2 Å². The summed E-state index contributed by atoms with van der Waals surface area (Å²) in [5.41, 5.74) is 13.0. The minimum absolute atomic E-state index is 0.0279. The number of hydrogen-bond donors (Lipinski definition) is 3. The average molecular weight is 505 g/mol. The van der Waals surface area contributed by atoms with Gasteiger partial charge in [0, 0.05) is 49.3 Å². The molecule has 1 aliphatic heterocycles. The maximum Gasteiger partial charge on any atom is 0.283 e. The summed E-state index contributed by atoms with van der Waals surface area (Å²) in [5, 5.41) is 5.25. The molecular weight excluding hydrogens is 476 g/mol. The third-order valence-corrected chi connectivity index (χ3v) is 7.22. The van der Waals surface area contributed by atoms with Crippen LogP contribution in [0.4, 0.5) is 0 Å². The summed E-state index contributed by atoms with van der Waals surface area (Å²) in [4.78, 5) is 19.4. The highest BCUT2D eigenvalue weighted by Crippen LogP contribution is 2.36.